The molecule has 0 saturated carbocycles. The van der Waals surface area contributed by atoms with Crippen LogP contribution in [0.25, 0.3) is 0 Å². The molecule has 1 atom stereocenters. The van der Waals surface area contributed by atoms with Crippen LogP contribution < -0.4 is 15.2 Å². The molecule has 0 spiro atoms. The zero-order chi connectivity index (χ0) is 18.8. The van der Waals surface area contributed by atoms with Crippen molar-refractivity contribution in [2.24, 2.45) is 0 Å². The van der Waals surface area contributed by atoms with Gasteiger partial charge in [-0.25, -0.2) is 4.39 Å². The highest BCUT2D eigenvalue weighted by Crippen LogP contribution is 2.35. The molecule has 7 heteroatoms. The van der Waals surface area contributed by atoms with Crippen LogP contribution in [0.15, 0.2) is 30.3 Å². The summed E-state index contributed by atoms with van der Waals surface area (Å²) in [6, 6.07) is 6.98. The fourth-order valence-corrected chi connectivity index (χ4v) is 3.35. The number of nitrogen functional groups attached to an aromatic ring is 1. The molecule has 3 N–H and O–H groups in total. The van der Waals surface area contributed by atoms with E-state index in [1.165, 1.54) is 12.1 Å². The standard InChI is InChI=1S/C19H21FN2O4/c1-25-16-8-11-5-6-22(10-13(11)9-17(16)26-2)18(19(23)24)12-3-4-15(21)14(20)7-12/h3-4,7-9,18H,5-6,10,21H2,1-2H3,(H,23,24)/t18-/m1/s1. The summed E-state index contributed by atoms with van der Waals surface area (Å²) >= 11 is 0. The SMILES string of the molecule is COc1cc2c(cc1OC)CN([C@@H](C(=O)O)c1ccc(N)c(F)c1)CC2. The highest BCUT2D eigenvalue weighted by Gasteiger charge is 2.31. The molecule has 0 amide bonds. The molecule has 2 aromatic rings. The summed E-state index contributed by atoms with van der Waals surface area (Å²) in [5.41, 5.74) is 7.93. The number of anilines is 1. The van der Waals surface area contributed by atoms with Crippen molar-refractivity contribution in [3.63, 3.8) is 0 Å². The average Bonchev–Trinajstić information content (AvgIpc) is 2.63. The van der Waals surface area contributed by atoms with Crippen LogP contribution in [0.1, 0.15) is 22.7 Å². The summed E-state index contributed by atoms with van der Waals surface area (Å²) < 4.78 is 24.5. The Hall–Kier alpha value is -2.80. The van der Waals surface area contributed by atoms with Gasteiger partial charge in [-0.05, 0) is 47.4 Å². The highest BCUT2D eigenvalue weighted by molar-refractivity contribution is 5.76. The van der Waals surface area contributed by atoms with E-state index in [0.29, 0.717) is 36.6 Å². The number of carboxylic acid groups (broad SMARTS) is 1. The quantitative estimate of drug-likeness (QED) is 0.798. The average molecular weight is 360 g/mol. The van der Waals surface area contributed by atoms with Crippen molar-refractivity contribution < 1.29 is 23.8 Å². The van der Waals surface area contributed by atoms with Gasteiger partial charge in [-0.1, -0.05) is 6.07 Å². The Balaban J connectivity index is 1.94. The number of carboxylic acids is 1. The van der Waals surface area contributed by atoms with Crippen LogP contribution in [0.4, 0.5) is 10.1 Å². The lowest BCUT2D eigenvalue weighted by molar-refractivity contribution is -0.144. The first-order valence-corrected chi connectivity index (χ1v) is 8.20. The molecule has 1 heterocycles. The number of benzene rings is 2. The number of halogens is 1. The molecule has 0 radical (unpaired) electrons. The van der Waals surface area contributed by atoms with Gasteiger partial charge in [-0.3, -0.25) is 9.69 Å². The van der Waals surface area contributed by atoms with Crippen LogP contribution in [0.3, 0.4) is 0 Å². The second kappa shape index (κ2) is 7.21. The molecule has 138 valence electrons. The van der Waals surface area contributed by atoms with Gasteiger partial charge in [0.05, 0.1) is 19.9 Å². The van der Waals surface area contributed by atoms with E-state index >= 15 is 0 Å². The van der Waals surface area contributed by atoms with Gasteiger partial charge in [0.2, 0.25) is 0 Å². The third-order valence-electron chi connectivity index (χ3n) is 4.69. The number of methoxy groups -OCH3 is 2. The smallest absolute Gasteiger partial charge is 0.325 e. The van der Waals surface area contributed by atoms with E-state index in [1.54, 1.807) is 20.3 Å². The fourth-order valence-electron chi connectivity index (χ4n) is 3.35. The summed E-state index contributed by atoms with van der Waals surface area (Å²) in [7, 11) is 3.14. The number of carbonyl (C=O) groups is 1. The minimum atomic E-state index is -1.03. The normalized spacial score (nSPS) is 15.2. The Bertz CT molecular complexity index is 841. The molecule has 0 saturated heterocycles. The van der Waals surface area contributed by atoms with Crippen LogP contribution in [0, 0.1) is 5.82 Å². The largest absolute Gasteiger partial charge is 0.493 e. The molecular formula is C19H21FN2O4. The molecule has 0 fully saturated rings. The molecule has 0 bridgehead atoms. The van der Waals surface area contributed by atoms with Gasteiger partial charge in [-0.2, -0.15) is 0 Å². The lowest BCUT2D eigenvalue weighted by atomic mass is 9.95. The van der Waals surface area contributed by atoms with E-state index in [0.717, 1.165) is 11.1 Å². The van der Waals surface area contributed by atoms with Crippen molar-refractivity contribution in [3.05, 3.63) is 52.8 Å². The zero-order valence-corrected chi connectivity index (χ0v) is 14.7. The van der Waals surface area contributed by atoms with Gasteiger partial charge in [0, 0.05) is 13.1 Å². The fraction of sp³-hybridized carbons (Fsp3) is 0.316. The molecule has 1 aliphatic heterocycles. The van der Waals surface area contributed by atoms with Crippen LogP contribution >= 0.6 is 0 Å². The summed E-state index contributed by atoms with van der Waals surface area (Å²) in [6.07, 6.45) is 0.664. The molecule has 3 rings (SSSR count). The number of aliphatic carboxylic acids is 1. The Morgan fingerprint density at radius 3 is 2.42 bits per heavy atom. The molecule has 26 heavy (non-hydrogen) atoms. The van der Waals surface area contributed by atoms with Crippen LogP contribution in [-0.4, -0.2) is 36.7 Å². The van der Waals surface area contributed by atoms with E-state index in [-0.39, 0.29) is 5.69 Å². The number of ether oxygens (including phenoxy) is 2. The number of fused-ring (bicyclic) bond motifs is 1. The van der Waals surface area contributed by atoms with Crippen LogP contribution in [0.2, 0.25) is 0 Å². The second-order valence-electron chi connectivity index (χ2n) is 6.22. The number of rotatable bonds is 5. The molecule has 0 aliphatic carbocycles. The third-order valence-corrected chi connectivity index (χ3v) is 4.69. The van der Waals surface area contributed by atoms with Crippen molar-refractivity contribution in [2.45, 2.75) is 19.0 Å². The lowest BCUT2D eigenvalue weighted by Crippen LogP contribution is -2.38. The zero-order valence-electron chi connectivity index (χ0n) is 14.7. The van der Waals surface area contributed by atoms with E-state index < -0.39 is 17.8 Å². The highest BCUT2D eigenvalue weighted by atomic mass is 19.1. The molecule has 1 aliphatic rings. The number of hydrogen-bond acceptors (Lipinski definition) is 5. The lowest BCUT2D eigenvalue weighted by Gasteiger charge is -2.34. The number of nitrogens with zero attached hydrogens (tertiary/aromatic N) is 1. The minimum Gasteiger partial charge on any atom is -0.493 e. The van der Waals surface area contributed by atoms with E-state index in [2.05, 4.69) is 0 Å². The first kappa shape index (κ1) is 18.0. The Morgan fingerprint density at radius 2 is 1.85 bits per heavy atom. The van der Waals surface area contributed by atoms with Gasteiger partial charge in [0.1, 0.15) is 11.9 Å². The second-order valence-corrected chi connectivity index (χ2v) is 6.22. The van der Waals surface area contributed by atoms with Gasteiger partial charge in [0.25, 0.3) is 0 Å². The summed E-state index contributed by atoms with van der Waals surface area (Å²) in [4.78, 5) is 13.7. The van der Waals surface area contributed by atoms with Gasteiger partial charge >= 0.3 is 5.97 Å². The minimum absolute atomic E-state index is 0.00119. The Kier molecular flexibility index (Phi) is 4.99. The van der Waals surface area contributed by atoms with Gasteiger partial charge in [-0.15, -0.1) is 0 Å². The molecule has 6 nitrogen and oxygen atoms in total. The van der Waals surface area contributed by atoms with Crippen LogP contribution in [0.5, 0.6) is 11.5 Å². The van der Waals surface area contributed by atoms with E-state index in [1.807, 2.05) is 17.0 Å². The van der Waals surface area contributed by atoms with Crippen molar-refractivity contribution in [3.8, 4) is 11.5 Å². The van der Waals surface area contributed by atoms with E-state index in [9.17, 15) is 14.3 Å². The van der Waals surface area contributed by atoms with Gasteiger partial charge in [0.15, 0.2) is 11.5 Å². The summed E-state index contributed by atoms with van der Waals surface area (Å²) in [5, 5.41) is 9.73. The topological polar surface area (TPSA) is 85.0 Å². The Morgan fingerprint density at radius 1 is 1.19 bits per heavy atom. The van der Waals surface area contributed by atoms with E-state index in [4.69, 9.17) is 15.2 Å². The van der Waals surface area contributed by atoms with Crippen molar-refractivity contribution >= 4 is 11.7 Å². The monoisotopic (exact) mass is 360 g/mol. The maximum atomic E-state index is 13.8. The van der Waals surface area contributed by atoms with Crippen LogP contribution in [-0.2, 0) is 17.8 Å². The van der Waals surface area contributed by atoms with Crippen molar-refractivity contribution in [2.75, 3.05) is 26.5 Å². The maximum absolute atomic E-state index is 13.8. The molecule has 0 aromatic heterocycles. The van der Waals surface area contributed by atoms with Crippen molar-refractivity contribution in [1.82, 2.24) is 4.90 Å². The predicted molar refractivity (Wildman–Crippen MR) is 94.8 cm³/mol. The Labute approximate surface area is 150 Å². The van der Waals surface area contributed by atoms with Gasteiger partial charge < -0.3 is 20.3 Å². The number of nitrogens with two attached hydrogens (primary N) is 1. The predicted octanol–water partition coefficient (Wildman–Crippen LogP) is 2.61. The third kappa shape index (κ3) is 3.30. The molecule has 2 aromatic carbocycles. The first-order valence-electron chi connectivity index (χ1n) is 8.20. The first-order chi connectivity index (χ1) is 12.4. The summed E-state index contributed by atoms with van der Waals surface area (Å²) in [5.74, 6) is -0.399. The number of hydrogen-bond donors (Lipinski definition) is 2. The molecular weight excluding hydrogens is 339 g/mol. The van der Waals surface area contributed by atoms with Crippen molar-refractivity contribution in [1.29, 1.82) is 0 Å². The summed E-state index contributed by atoms with van der Waals surface area (Å²) in [6.45, 7) is 0.949. The molecule has 0 unspecified atom stereocenters. The maximum Gasteiger partial charge on any atom is 0.325 e.